The number of nitrogens with zero attached hydrogens (tertiary/aromatic N) is 1. The second-order valence-electron chi connectivity index (χ2n) is 5.74. The first-order chi connectivity index (χ1) is 10.4. The van der Waals surface area contributed by atoms with Gasteiger partial charge in [-0.2, -0.15) is 13.2 Å². The van der Waals surface area contributed by atoms with Gasteiger partial charge in [0.1, 0.15) is 5.75 Å². The van der Waals surface area contributed by atoms with Crippen LogP contribution in [0.4, 0.5) is 13.2 Å². The molecule has 1 aliphatic carbocycles. The Labute approximate surface area is 128 Å². The van der Waals surface area contributed by atoms with Gasteiger partial charge in [0.15, 0.2) is 0 Å². The standard InChI is InChI=1S/C16H22F3NO2/c1-22-14-7-2-4-12(10-14)15(21)11-20(13-5-3-6-13)9-8-16(17,18)19/h2,4,7,10,13,15,21H,3,5-6,8-9,11H2,1H3. The van der Waals surface area contributed by atoms with Crippen LogP contribution in [0.15, 0.2) is 24.3 Å². The first-order valence-electron chi connectivity index (χ1n) is 7.52. The van der Waals surface area contributed by atoms with Gasteiger partial charge < -0.3 is 9.84 Å². The molecule has 0 aromatic heterocycles. The number of alkyl halides is 3. The molecule has 1 saturated carbocycles. The van der Waals surface area contributed by atoms with Crippen molar-refractivity contribution in [3.8, 4) is 5.75 Å². The summed E-state index contributed by atoms with van der Waals surface area (Å²) < 4.78 is 42.5. The van der Waals surface area contributed by atoms with Crippen LogP contribution in [0.2, 0.25) is 0 Å². The molecule has 22 heavy (non-hydrogen) atoms. The maximum atomic E-state index is 12.5. The molecule has 3 nitrogen and oxygen atoms in total. The van der Waals surface area contributed by atoms with E-state index >= 15 is 0 Å². The van der Waals surface area contributed by atoms with Gasteiger partial charge in [0.05, 0.1) is 19.6 Å². The van der Waals surface area contributed by atoms with Crippen molar-refractivity contribution in [1.29, 1.82) is 0 Å². The number of aliphatic hydroxyl groups excluding tert-OH is 1. The average molecular weight is 317 g/mol. The van der Waals surface area contributed by atoms with Gasteiger partial charge in [-0.15, -0.1) is 0 Å². The molecule has 6 heteroatoms. The van der Waals surface area contributed by atoms with Crippen molar-refractivity contribution in [2.75, 3.05) is 20.2 Å². The van der Waals surface area contributed by atoms with Crippen LogP contribution >= 0.6 is 0 Å². The molecule has 0 spiro atoms. The minimum Gasteiger partial charge on any atom is -0.497 e. The van der Waals surface area contributed by atoms with Gasteiger partial charge in [-0.25, -0.2) is 0 Å². The molecule has 0 radical (unpaired) electrons. The Kier molecular flexibility index (Phi) is 5.69. The fourth-order valence-corrected chi connectivity index (χ4v) is 2.62. The van der Waals surface area contributed by atoms with E-state index < -0.39 is 18.7 Å². The molecular formula is C16H22F3NO2. The maximum absolute atomic E-state index is 12.5. The van der Waals surface area contributed by atoms with Crippen LogP contribution in [-0.4, -0.2) is 42.4 Å². The molecule has 1 atom stereocenters. The van der Waals surface area contributed by atoms with Gasteiger partial charge in [0.25, 0.3) is 0 Å². The second kappa shape index (κ2) is 7.33. The summed E-state index contributed by atoms with van der Waals surface area (Å²) >= 11 is 0. The van der Waals surface area contributed by atoms with E-state index in [1.165, 1.54) is 7.11 Å². The molecule has 0 amide bonds. The van der Waals surface area contributed by atoms with E-state index in [0.717, 1.165) is 19.3 Å². The number of benzene rings is 1. The van der Waals surface area contributed by atoms with Gasteiger partial charge in [0.2, 0.25) is 0 Å². The van der Waals surface area contributed by atoms with Gasteiger partial charge in [-0.05, 0) is 30.5 Å². The van der Waals surface area contributed by atoms with Crippen LogP contribution in [0.3, 0.4) is 0 Å². The third-order valence-corrected chi connectivity index (χ3v) is 4.16. The minimum atomic E-state index is -4.16. The van der Waals surface area contributed by atoms with Crippen LogP contribution in [0, 0.1) is 0 Å². The Balaban J connectivity index is 1.98. The Morgan fingerprint density at radius 2 is 2.09 bits per heavy atom. The summed E-state index contributed by atoms with van der Waals surface area (Å²) in [5.41, 5.74) is 0.663. The number of aliphatic hydroxyl groups is 1. The summed E-state index contributed by atoms with van der Waals surface area (Å²) in [6, 6.07) is 7.16. The van der Waals surface area contributed by atoms with E-state index in [0.29, 0.717) is 11.3 Å². The molecule has 1 aromatic rings. The van der Waals surface area contributed by atoms with Crippen molar-refractivity contribution in [1.82, 2.24) is 4.90 Å². The quantitative estimate of drug-likeness (QED) is 0.835. The zero-order valence-electron chi connectivity index (χ0n) is 12.6. The number of methoxy groups -OCH3 is 1. The normalized spacial score (nSPS) is 17.4. The van der Waals surface area contributed by atoms with Crippen LogP contribution in [0.1, 0.15) is 37.4 Å². The highest BCUT2D eigenvalue weighted by Gasteiger charge is 2.32. The minimum absolute atomic E-state index is 0.0603. The third-order valence-electron chi connectivity index (χ3n) is 4.16. The van der Waals surface area contributed by atoms with Crippen LogP contribution in [0.25, 0.3) is 0 Å². The topological polar surface area (TPSA) is 32.7 Å². The van der Waals surface area contributed by atoms with Crippen molar-refractivity contribution in [2.45, 2.75) is 44.0 Å². The number of rotatable bonds is 7. The SMILES string of the molecule is COc1cccc(C(O)CN(CCC(F)(F)F)C2CCC2)c1. The Morgan fingerprint density at radius 3 is 2.64 bits per heavy atom. The van der Waals surface area contributed by atoms with Gasteiger partial charge >= 0.3 is 6.18 Å². The summed E-state index contributed by atoms with van der Waals surface area (Å²) in [6.07, 6.45) is -2.96. The molecule has 2 rings (SSSR count). The molecule has 0 saturated heterocycles. The number of hydrogen-bond donors (Lipinski definition) is 1. The van der Waals surface area contributed by atoms with E-state index in [1.54, 1.807) is 29.2 Å². The highest BCUT2D eigenvalue weighted by Crippen LogP contribution is 2.29. The molecule has 1 fully saturated rings. The van der Waals surface area contributed by atoms with E-state index in [4.69, 9.17) is 4.74 Å². The van der Waals surface area contributed by atoms with Gasteiger partial charge in [-0.3, -0.25) is 4.90 Å². The first kappa shape index (κ1) is 17.1. The molecule has 1 aliphatic rings. The highest BCUT2D eigenvalue weighted by molar-refractivity contribution is 5.29. The Morgan fingerprint density at radius 1 is 1.36 bits per heavy atom. The predicted octanol–water partition coefficient (Wildman–Crippen LogP) is 3.54. The van der Waals surface area contributed by atoms with Crippen LogP contribution < -0.4 is 4.74 Å². The van der Waals surface area contributed by atoms with E-state index in [1.807, 2.05) is 0 Å². The highest BCUT2D eigenvalue weighted by atomic mass is 19.4. The molecule has 0 bridgehead atoms. The number of hydrogen-bond acceptors (Lipinski definition) is 3. The van der Waals surface area contributed by atoms with Crippen LogP contribution in [0.5, 0.6) is 5.75 Å². The zero-order chi connectivity index (χ0) is 16.2. The average Bonchev–Trinajstić information content (AvgIpc) is 2.42. The lowest BCUT2D eigenvalue weighted by atomic mass is 9.90. The lowest BCUT2D eigenvalue weighted by Crippen LogP contribution is -2.44. The molecule has 0 heterocycles. The largest absolute Gasteiger partial charge is 0.497 e. The molecule has 0 aliphatic heterocycles. The maximum Gasteiger partial charge on any atom is 0.390 e. The Hall–Kier alpha value is -1.27. The van der Waals surface area contributed by atoms with E-state index in [2.05, 4.69) is 0 Å². The lowest BCUT2D eigenvalue weighted by Gasteiger charge is -2.38. The number of halogens is 3. The van der Waals surface area contributed by atoms with Crippen molar-refractivity contribution in [3.05, 3.63) is 29.8 Å². The summed E-state index contributed by atoms with van der Waals surface area (Å²) in [7, 11) is 1.54. The molecule has 1 aromatic carbocycles. The summed E-state index contributed by atoms with van der Waals surface area (Å²) in [5, 5.41) is 10.3. The van der Waals surface area contributed by atoms with E-state index in [-0.39, 0.29) is 19.1 Å². The van der Waals surface area contributed by atoms with E-state index in [9.17, 15) is 18.3 Å². The second-order valence-corrected chi connectivity index (χ2v) is 5.74. The fourth-order valence-electron chi connectivity index (χ4n) is 2.62. The molecule has 1 unspecified atom stereocenters. The van der Waals surface area contributed by atoms with Gasteiger partial charge in [-0.1, -0.05) is 18.6 Å². The van der Waals surface area contributed by atoms with Crippen molar-refractivity contribution in [3.63, 3.8) is 0 Å². The monoisotopic (exact) mass is 317 g/mol. The van der Waals surface area contributed by atoms with Crippen molar-refractivity contribution < 1.29 is 23.0 Å². The summed E-state index contributed by atoms with van der Waals surface area (Å²) in [5.74, 6) is 0.627. The smallest absolute Gasteiger partial charge is 0.390 e. The van der Waals surface area contributed by atoms with Crippen molar-refractivity contribution in [2.24, 2.45) is 0 Å². The summed E-state index contributed by atoms with van der Waals surface area (Å²) in [4.78, 5) is 1.77. The number of ether oxygens (including phenoxy) is 1. The van der Waals surface area contributed by atoms with Crippen molar-refractivity contribution >= 4 is 0 Å². The summed E-state index contributed by atoms with van der Waals surface area (Å²) in [6.45, 7) is 0.156. The first-order valence-corrected chi connectivity index (χ1v) is 7.52. The predicted molar refractivity (Wildman–Crippen MR) is 77.8 cm³/mol. The molecule has 124 valence electrons. The molecule has 1 N–H and O–H groups in total. The Bertz CT molecular complexity index is 475. The third kappa shape index (κ3) is 4.88. The van der Waals surface area contributed by atoms with Gasteiger partial charge in [0, 0.05) is 19.1 Å². The van der Waals surface area contributed by atoms with Crippen LogP contribution in [-0.2, 0) is 0 Å². The zero-order valence-corrected chi connectivity index (χ0v) is 12.6. The molecular weight excluding hydrogens is 295 g/mol. The lowest BCUT2D eigenvalue weighted by molar-refractivity contribution is -0.141. The fraction of sp³-hybridized carbons (Fsp3) is 0.625.